The van der Waals surface area contributed by atoms with Crippen molar-refractivity contribution in [2.75, 3.05) is 37.6 Å². The van der Waals surface area contributed by atoms with Crippen molar-refractivity contribution in [3.63, 3.8) is 0 Å². The highest BCUT2D eigenvalue weighted by molar-refractivity contribution is 7.15. The third kappa shape index (κ3) is 5.13. The molecule has 2 N–H and O–H groups in total. The molecule has 3 atom stereocenters. The molecular formula is C22H27N5O4S. The van der Waals surface area contributed by atoms with E-state index in [9.17, 15) is 9.59 Å². The van der Waals surface area contributed by atoms with Gasteiger partial charge in [-0.15, -0.1) is 10.2 Å². The van der Waals surface area contributed by atoms with Crippen molar-refractivity contribution < 1.29 is 19.5 Å². The van der Waals surface area contributed by atoms with Crippen LogP contribution in [0.3, 0.4) is 0 Å². The summed E-state index contributed by atoms with van der Waals surface area (Å²) in [6.07, 6.45) is 0.976. The topological polar surface area (TPSA) is 116 Å². The molecule has 9 nitrogen and oxygen atoms in total. The first-order valence-electron chi connectivity index (χ1n) is 10.8. The fourth-order valence-corrected chi connectivity index (χ4v) is 5.45. The Hall–Kier alpha value is -2.85. The number of nitrogens with zero attached hydrogens (tertiary/aromatic N) is 4. The van der Waals surface area contributed by atoms with Gasteiger partial charge < -0.3 is 15.3 Å². The van der Waals surface area contributed by atoms with Crippen molar-refractivity contribution in [3.8, 4) is 0 Å². The van der Waals surface area contributed by atoms with E-state index in [1.807, 2.05) is 23.1 Å². The Morgan fingerprint density at radius 2 is 1.78 bits per heavy atom. The smallest absolute Gasteiger partial charge is 0.300 e. The van der Waals surface area contributed by atoms with Gasteiger partial charge in [-0.2, -0.15) is 0 Å². The van der Waals surface area contributed by atoms with Crippen molar-refractivity contribution >= 4 is 34.3 Å². The molecule has 0 spiro atoms. The first-order valence-corrected chi connectivity index (χ1v) is 11.6. The number of rotatable bonds is 4. The highest BCUT2D eigenvalue weighted by Gasteiger charge is 2.43. The molecule has 2 amide bonds. The van der Waals surface area contributed by atoms with E-state index in [0.29, 0.717) is 29.9 Å². The van der Waals surface area contributed by atoms with Crippen molar-refractivity contribution in [1.82, 2.24) is 20.4 Å². The molecule has 32 heavy (non-hydrogen) atoms. The zero-order valence-electron chi connectivity index (χ0n) is 17.9. The summed E-state index contributed by atoms with van der Waals surface area (Å²) in [5, 5.41) is 20.8. The Kier molecular flexibility index (Phi) is 6.80. The number of amides is 2. The standard InChI is InChI=1S/C20H23N5O2S.C2H4O2/c26-18-7-14(19(27)24-10-15-8-21-9-16(15)11-24)12-25(18)20-23-22-17(28-20)6-13-4-2-1-3-5-13;1-2(3)4/h1-5,14-16,21H,6-12H2;1H3,(H,3,4)/t14?,15-,16+;. The van der Waals surface area contributed by atoms with Gasteiger partial charge in [0.05, 0.1) is 5.92 Å². The van der Waals surface area contributed by atoms with Crippen LogP contribution in [-0.4, -0.2) is 70.7 Å². The number of aromatic nitrogens is 2. The average Bonchev–Trinajstić information content (AvgIpc) is 3.51. The summed E-state index contributed by atoms with van der Waals surface area (Å²) in [6.45, 7) is 5.14. The number of aliphatic carboxylic acids is 1. The molecule has 1 aromatic carbocycles. The molecule has 0 saturated carbocycles. The number of carboxylic acids is 1. The number of carbonyl (C=O) groups is 3. The predicted molar refractivity (Wildman–Crippen MR) is 119 cm³/mol. The van der Waals surface area contributed by atoms with E-state index < -0.39 is 5.97 Å². The van der Waals surface area contributed by atoms with E-state index in [0.717, 1.165) is 38.1 Å². The highest BCUT2D eigenvalue weighted by atomic mass is 32.1. The minimum Gasteiger partial charge on any atom is -0.481 e. The first-order chi connectivity index (χ1) is 15.4. The molecule has 3 aliphatic rings. The lowest BCUT2D eigenvalue weighted by atomic mass is 10.0. The Labute approximate surface area is 190 Å². The van der Waals surface area contributed by atoms with E-state index in [1.54, 1.807) is 4.90 Å². The molecule has 0 aliphatic carbocycles. The molecule has 1 aromatic heterocycles. The van der Waals surface area contributed by atoms with Crippen LogP contribution in [0, 0.1) is 17.8 Å². The summed E-state index contributed by atoms with van der Waals surface area (Å²) in [5.74, 6) is 0.142. The number of hydrogen-bond acceptors (Lipinski definition) is 7. The van der Waals surface area contributed by atoms with Crippen molar-refractivity contribution in [1.29, 1.82) is 0 Å². The summed E-state index contributed by atoms with van der Waals surface area (Å²) in [7, 11) is 0. The average molecular weight is 458 g/mol. The third-order valence-electron chi connectivity index (χ3n) is 6.06. The van der Waals surface area contributed by atoms with Crippen LogP contribution < -0.4 is 10.2 Å². The molecule has 3 aliphatic heterocycles. The van der Waals surface area contributed by atoms with Gasteiger partial charge in [0, 0.05) is 52.5 Å². The largest absolute Gasteiger partial charge is 0.481 e. The number of anilines is 1. The number of hydrogen-bond donors (Lipinski definition) is 2. The maximum atomic E-state index is 12.9. The molecule has 10 heteroatoms. The van der Waals surface area contributed by atoms with Gasteiger partial charge in [-0.25, -0.2) is 0 Å². The summed E-state index contributed by atoms with van der Waals surface area (Å²) >= 11 is 1.44. The van der Waals surface area contributed by atoms with E-state index in [-0.39, 0.29) is 24.2 Å². The minimum atomic E-state index is -0.833. The lowest BCUT2D eigenvalue weighted by Crippen LogP contribution is -2.37. The Morgan fingerprint density at radius 3 is 2.44 bits per heavy atom. The van der Waals surface area contributed by atoms with Crippen molar-refractivity contribution in [2.24, 2.45) is 17.8 Å². The third-order valence-corrected chi connectivity index (χ3v) is 7.01. The van der Waals surface area contributed by atoms with Crippen LogP contribution in [0.5, 0.6) is 0 Å². The quantitative estimate of drug-likeness (QED) is 0.710. The summed E-state index contributed by atoms with van der Waals surface area (Å²) in [4.78, 5) is 38.1. The zero-order chi connectivity index (χ0) is 22.7. The fraction of sp³-hybridized carbons (Fsp3) is 0.500. The second-order valence-electron chi connectivity index (χ2n) is 8.49. The van der Waals surface area contributed by atoms with Crippen LogP contribution in [0.4, 0.5) is 5.13 Å². The molecule has 5 rings (SSSR count). The second-order valence-corrected chi connectivity index (χ2v) is 9.53. The van der Waals surface area contributed by atoms with E-state index in [4.69, 9.17) is 9.90 Å². The Balaban J connectivity index is 0.000000567. The van der Waals surface area contributed by atoms with Gasteiger partial charge in [0.2, 0.25) is 16.9 Å². The van der Waals surface area contributed by atoms with Gasteiger partial charge in [0.1, 0.15) is 5.01 Å². The number of benzene rings is 1. The zero-order valence-corrected chi connectivity index (χ0v) is 18.8. The van der Waals surface area contributed by atoms with Crippen LogP contribution >= 0.6 is 11.3 Å². The predicted octanol–water partition coefficient (Wildman–Crippen LogP) is 1.25. The second kappa shape index (κ2) is 9.74. The van der Waals surface area contributed by atoms with Crippen LogP contribution in [-0.2, 0) is 20.8 Å². The summed E-state index contributed by atoms with van der Waals surface area (Å²) in [6, 6.07) is 10.1. The SMILES string of the molecule is CC(=O)O.O=C(C1CC(=O)N(c2nnc(Cc3ccccc3)s2)C1)N1C[C@H]2CNC[C@H]2C1. The maximum Gasteiger partial charge on any atom is 0.300 e. The Bertz CT molecular complexity index is 966. The van der Waals surface area contributed by atoms with E-state index in [2.05, 4.69) is 27.6 Å². The Morgan fingerprint density at radius 1 is 1.12 bits per heavy atom. The molecule has 0 radical (unpaired) electrons. The van der Waals surface area contributed by atoms with Crippen molar-refractivity contribution in [3.05, 3.63) is 40.9 Å². The fourth-order valence-electron chi connectivity index (χ4n) is 4.55. The van der Waals surface area contributed by atoms with Gasteiger partial charge in [0.25, 0.3) is 5.97 Å². The molecule has 3 saturated heterocycles. The monoisotopic (exact) mass is 457 g/mol. The van der Waals surface area contributed by atoms with E-state index in [1.165, 1.54) is 16.9 Å². The lowest BCUT2D eigenvalue weighted by molar-refractivity contribution is -0.135. The van der Waals surface area contributed by atoms with Crippen LogP contribution in [0.25, 0.3) is 0 Å². The minimum absolute atomic E-state index is 0.0261. The summed E-state index contributed by atoms with van der Waals surface area (Å²) < 4.78 is 0. The molecule has 2 aromatic rings. The number of nitrogens with one attached hydrogen (secondary N) is 1. The molecular weight excluding hydrogens is 430 g/mol. The lowest BCUT2D eigenvalue weighted by Gasteiger charge is -2.21. The van der Waals surface area contributed by atoms with Gasteiger partial charge in [-0.1, -0.05) is 41.7 Å². The number of carboxylic acid groups (broad SMARTS) is 1. The number of carbonyl (C=O) groups excluding carboxylic acids is 2. The molecule has 3 fully saturated rings. The number of likely N-dealkylation sites (tertiary alicyclic amines) is 1. The summed E-state index contributed by atoms with van der Waals surface area (Å²) in [5.41, 5.74) is 1.17. The normalized spacial score (nSPS) is 24.3. The highest BCUT2D eigenvalue weighted by Crippen LogP contribution is 2.32. The molecule has 170 valence electrons. The van der Waals surface area contributed by atoms with Crippen LogP contribution in [0.1, 0.15) is 23.9 Å². The first kappa shape index (κ1) is 22.3. The molecule has 0 bridgehead atoms. The van der Waals surface area contributed by atoms with Gasteiger partial charge in [0.15, 0.2) is 0 Å². The van der Waals surface area contributed by atoms with Gasteiger partial charge >= 0.3 is 0 Å². The van der Waals surface area contributed by atoms with Gasteiger partial charge in [-0.3, -0.25) is 19.3 Å². The molecule has 4 heterocycles. The van der Waals surface area contributed by atoms with Gasteiger partial charge in [-0.05, 0) is 17.4 Å². The maximum absolute atomic E-state index is 12.9. The van der Waals surface area contributed by atoms with Crippen molar-refractivity contribution in [2.45, 2.75) is 19.8 Å². The van der Waals surface area contributed by atoms with Crippen LogP contribution in [0.2, 0.25) is 0 Å². The number of fused-ring (bicyclic) bond motifs is 1. The molecule has 1 unspecified atom stereocenters. The van der Waals surface area contributed by atoms with E-state index >= 15 is 0 Å². The van der Waals surface area contributed by atoms with Crippen LogP contribution in [0.15, 0.2) is 30.3 Å².